The number of anilines is 2. The normalized spacial score (nSPS) is 16.1. The van der Waals surface area contributed by atoms with Crippen LogP contribution >= 0.6 is 0 Å². The van der Waals surface area contributed by atoms with Gasteiger partial charge in [0.2, 0.25) is 0 Å². The lowest BCUT2D eigenvalue weighted by atomic mass is 9.67. The summed E-state index contributed by atoms with van der Waals surface area (Å²) >= 11 is 0. The van der Waals surface area contributed by atoms with Gasteiger partial charge in [-0.15, -0.1) is 0 Å². The van der Waals surface area contributed by atoms with E-state index in [0.717, 1.165) is 17.9 Å². The molecule has 7 aromatic carbocycles. The number of allylic oxidation sites excluding steroid dienone is 3. The molecule has 0 aromatic heterocycles. The number of fused-ring (bicyclic) bond motifs is 5. The first-order chi connectivity index (χ1) is 26.7. The van der Waals surface area contributed by atoms with E-state index >= 15 is 0 Å². The van der Waals surface area contributed by atoms with Crippen LogP contribution in [0.1, 0.15) is 29.2 Å². The van der Waals surface area contributed by atoms with Crippen LogP contribution in [-0.2, 0) is 5.41 Å². The van der Waals surface area contributed by atoms with Crippen LogP contribution in [0.2, 0.25) is 0 Å². The second-order valence-electron chi connectivity index (χ2n) is 14.2. The van der Waals surface area contributed by atoms with Crippen molar-refractivity contribution in [1.82, 2.24) is 0 Å². The molecule has 0 unspecified atom stereocenters. The fourth-order valence-electron chi connectivity index (χ4n) is 8.99. The molecule has 0 N–H and O–H groups in total. The van der Waals surface area contributed by atoms with Crippen LogP contribution in [-0.4, -0.2) is 12.3 Å². The molecule has 0 saturated heterocycles. The predicted octanol–water partition coefficient (Wildman–Crippen LogP) is 11.1. The Morgan fingerprint density at radius 2 is 1.22 bits per heavy atom. The predicted molar refractivity (Wildman–Crippen MR) is 226 cm³/mol. The number of rotatable bonds is 5. The minimum absolute atomic E-state index is 0.457. The topological polar surface area (TPSA) is 15.6 Å². The molecular formula is C52H38N2. The fourth-order valence-corrected chi connectivity index (χ4v) is 8.99. The summed E-state index contributed by atoms with van der Waals surface area (Å²) in [5, 5.41) is 2.42. The number of aliphatic imine (C=N–C) groups is 1. The van der Waals surface area contributed by atoms with Crippen LogP contribution in [0.25, 0.3) is 33.9 Å². The average Bonchev–Trinajstić information content (AvgIpc) is 3.54. The first-order valence-corrected chi connectivity index (χ1v) is 18.8. The lowest BCUT2D eigenvalue weighted by molar-refractivity contribution is 0.769. The van der Waals surface area contributed by atoms with Gasteiger partial charge in [-0.05, 0) is 111 Å². The van der Waals surface area contributed by atoms with Gasteiger partial charge in [-0.3, -0.25) is 0 Å². The summed E-state index contributed by atoms with van der Waals surface area (Å²) in [7, 11) is 0. The smallest absolute Gasteiger partial charge is 0.0719 e. The number of nitrogens with zero attached hydrogens (tertiary/aromatic N) is 2. The van der Waals surface area contributed by atoms with Crippen molar-refractivity contribution < 1.29 is 0 Å². The molecule has 0 spiro atoms. The molecule has 0 saturated carbocycles. The van der Waals surface area contributed by atoms with Crippen LogP contribution in [0.5, 0.6) is 0 Å². The highest BCUT2D eigenvalue weighted by Crippen LogP contribution is 2.56. The Hall–Kier alpha value is -6.77. The van der Waals surface area contributed by atoms with Gasteiger partial charge in [0.1, 0.15) is 0 Å². The van der Waals surface area contributed by atoms with Crippen molar-refractivity contribution in [2.24, 2.45) is 4.99 Å². The second-order valence-corrected chi connectivity index (χ2v) is 14.2. The van der Waals surface area contributed by atoms with Crippen molar-refractivity contribution in [2.75, 3.05) is 11.4 Å². The second kappa shape index (κ2) is 13.0. The van der Waals surface area contributed by atoms with Crippen molar-refractivity contribution >= 4 is 34.4 Å². The first-order valence-electron chi connectivity index (χ1n) is 18.8. The third-order valence-electron chi connectivity index (χ3n) is 11.3. The molecule has 0 atom stereocenters. The fraction of sp³-hybridized carbons (Fsp3) is 0.0577. The number of hydrogen-bond acceptors (Lipinski definition) is 2. The molecule has 54 heavy (non-hydrogen) atoms. The van der Waals surface area contributed by atoms with Crippen molar-refractivity contribution in [3.8, 4) is 22.3 Å². The van der Waals surface area contributed by atoms with Crippen LogP contribution < -0.4 is 15.3 Å². The van der Waals surface area contributed by atoms with Crippen molar-refractivity contribution in [3.05, 3.63) is 232 Å². The Morgan fingerprint density at radius 1 is 0.593 bits per heavy atom. The zero-order valence-electron chi connectivity index (χ0n) is 30.2. The van der Waals surface area contributed by atoms with Crippen LogP contribution in [0.3, 0.4) is 0 Å². The summed E-state index contributed by atoms with van der Waals surface area (Å²) in [6, 6.07) is 64.1. The van der Waals surface area contributed by atoms with Gasteiger partial charge >= 0.3 is 0 Å². The van der Waals surface area contributed by atoms with Crippen molar-refractivity contribution in [1.29, 1.82) is 0 Å². The molecule has 2 nitrogen and oxygen atoms in total. The quantitative estimate of drug-likeness (QED) is 0.176. The maximum Gasteiger partial charge on any atom is 0.0719 e. The van der Waals surface area contributed by atoms with Crippen LogP contribution in [0.15, 0.2) is 205 Å². The molecule has 10 rings (SSSR count). The SMILES string of the molecule is C/C=c1/cc(-c2ccc3c(c2)C(c2ccccc2)(c2ccccc2)c2ccccc2-3)cc2c1=C1C(=CC=C/C1=N\c1ccccc1)CN2c1ccccc1. The van der Waals surface area contributed by atoms with Crippen molar-refractivity contribution in [2.45, 2.75) is 12.3 Å². The molecular weight excluding hydrogens is 653 g/mol. The zero-order valence-corrected chi connectivity index (χ0v) is 30.2. The van der Waals surface area contributed by atoms with E-state index in [4.69, 9.17) is 4.99 Å². The lowest BCUT2D eigenvalue weighted by Crippen LogP contribution is -2.42. The summed E-state index contributed by atoms with van der Waals surface area (Å²) in [6.07, 6.45) is 8.83. The third-order valence-corrected chi connectivity index (χ3v) is 11.3. The Kier molecular flexibility index (Phi) is 7.70. The van der Waals surface area contributed by atoms with Crippen molar-refractivity contribution in [3.63, 3.8) is 0 Å². The van der Waals surface area contributed by atoms with E-state index < -0.39 is 5.41 Å². The summed E-state index contributed by atoms with van der Waals surface area (Å²) in [5.41, 5.74) is 16.5. The minimum Gasteiger partial charge on any atom is -0.336 e. The first kappa shape index (κ1) is 31.9. The van der Waals surface area contributed by atoms with E-state index in [1.807, 2.05) is 6.07 Å². The standard InChI is InChI=1S/C52H38N2/c1-2-36-32-39(34-49-51(36)50-38(35-54(49)43-25-13-6-14-26-43)18-17-29-48(50)53-42-23-11-5-12-24-42)37-30-31-45-44-27-15-16-28-46(44)52(47(45)33-37,40-19-7-3-8-20-40)41-21-9-4-10-22-41/h2-34H,35H2,1H3/b36-2-,53-48+. The third kappa shape index (κ3) is 4.98. The van der Waals surface area contributed by atoms with Gasteiger partial charge in [-0.2, -0.15) is 0 Å². The van der Waals surface area contributed by atoms with Gasteiger partial charge in [-0.25, -0.2) is 4.99 Å². The highest BCUT2D eigenvalue weighted by molar-refractivity contribution is 6.31. The Labute approximate surface area is 316 Å². The van der Waals surface area contributed by atoms with E-state index in [-0.39, 0.29) is 0 Å². The maximum atomic E-state index is 5.21. The largest absolute Gasteiger partial charge is 0.336 e. The van der Waals surface area contributed by atoms with Crippen LogP contribution in [0, 0.1) is 0 Å². The maximum absolute atomic E-state index is 5.21. The van der Waals surface area contributed by atoms with Gasteiger partial charge in [0.25, 0.3) is 0 Å². The van der Waals surface area contributed by atoms with E-state index in [1.54, 1.807) is 0 Å². The van der Waals surface area contributed by atoms with E-state index in [9.17, 15) is 0 Å². The molecule has 256 valence electrons. The monoisotopic (exact) mass is 690 g/mol. The number of benzene rings is 7. The Balaban J connectivity index is 1.25. The molecule has 0 radical (unpaired) electrons. The Morgan fingerprint density at radius 3 is 1.93 bits per heavy atom. The van der Waals surface area contributed by atoms with Crippen LogP contribution in [0.4, 0.5) is 17.1 Å². The highest BCUT2D eigenvalue weighted by atomic mass is 15.1. The molecule has 2 aliphatic carbocycles. The molecule has 7 aromatic rings. The Bertz CT molecular complexity index is 2740. The van der Waals surface area contributed by atoms with Gasteiger partial charge in [-0.1, -0.05) is 152 Å². The van der Waals surface area contributed by atoms with Gasteiger partial charge in [0, 0.05) is 23.0 Å². The zero-order chi connectivity index (χ0) is 36.1. The highest BCUT2D eigenvalue weighted by Gasteiger charge is 2.46. The molecule has 0 bridgehead atoms. The van der Waals surface area contributed by atoms with E-state index in [1.165, 1.54) is 77.5 Å². The van der Waals surface area contributed by atoms with Gasteiger partial charge in [0.15, 0.2) is 0 Å². The number of hydrogen-bond donors (Lipinski definition) is 0. The van der Waals surface area contributed by atoms with Gasteiger partial charge in [0.05, 0.1) is 22.5 Å². The molecule has 0 fully saturated rings. The molecule has 1 aliphatic heterocycles. The molecule has 3 aliphatic rings. The summed E-state index contributed by atoms with van der Waals surface area (Å²) in [6.45, 7) is 2.91. The molecule has 2 heteroatoms. The summed E-state index contributed by atoms with van der Waals surface area (Å²) in [5.74, 6) is 0. The van der Waals surface area contributed by atoms with E-state index in [2.05, 4.69) is 206 Å². The average molecular weight is 691 g/mol. The summed E-state index contributed by atoms with van der Waals surface area (Å²) in [4.78, 5) is 7.68. The number of para-hydroxylation sites is 2. The molecule has 1 heterocycles. The minimum atomic E-state index is -0.457. The van der Waals surface area contributed by atoms with E-state index in [0.29, 0.717) is 0 Å². The lowest BCUT2D eigenvalue weighted by Gasteiger charge is -2.34. The summed E-state index contributed by atoms with van der Waals surface area (Å²) < 4.78 is 0. The van der Waals surface area contributed by atoms with Gasteiger partial charge < -0.3 is 4.90 Å². The molecule has 0 amide bonds.